The van der Waals surface area contributed by atoms with E-state index in [4.69, 9.17) is 4.74 Å². The summed E-state index contributed by atoms with van der Waals surface area (Å²) in [4.78, 5) is 30.0. The lowest BCUT2D eigenvalue weighted by atomic mass is 9.71. The van der Waals surface area contributed by atoms with Crippen molar-refractivity contribution in [3.8, 4) is 0 Å². The Balaban J connectivity index is 1.49. The van der Waals surface area contributed by atoms with Gasteiger partial charge in [-0.1, -0.05) is 24.3 Å². The zero-order valence-corrected chi connectivity index (χ0v) is 17.1. The smallest absolute Gasteiger partial charge is 0.258 e. The van der Waals surface area contributed by atoms with Crippen molar-refractivity contribution in [2.45, 2.75) is 30.8 Å². The predicted molar refractivity (Wildman–Crippen MR) is 112 cm³/mol. The van der Waals surface area contributed by atoms with Gasteiger partial charge in [0, 0.05) is 42.8 Å². The van der Waals surface area contributed by atoms with Crippen molar-refractivity contribution in [1.29, 1.82) is 0 Å². The number of aliphatic hydroxyl groups excluding tert-OH is 1. The number of carbonyl (C=O) groups excluding carboxylic acids is 2. The molecule has 1 N–H and O–H groups in total. The number of hydrogen-bond acceptors (Lipinski definition) is 4. The normalized spacial score (nSPS) is 25.4. The average molecular weight is 424 g/mol. The lowest BCUT2D eigenvalue weighted by molar-refractivity contribution is -0.157. The molecule has 162 valence electrons. The third-order valence-electron chi connectivity index (χ3n) is 6.83. The lowest BCUT2D eigenvalue weighted by Crippen LogP contribution is -2.71. The summed E-state index contributed by atoms with van der Waals surface area (Å²) >= 11 is 0. The molecule has 5 rings (SSSR count). The molecule has 2 amide bonds. The zero-order chi connectivity index (χ0) is 21.5. The molecule has 2 fully saturated rings. The van der Waals surface area contributed by atoms with Crippen LogP contribution in [0, 0.1) is 11.7 Å². The number of fused-ring (bicyclic) bond motifs is 3. The van der Waals surface area contributed by atoms with Gasteiger partial charge in [-0.3, -0.25) is 9.59 Å². The Hall–Kier alpha value is -2.77. The largest absolute Gasteiger partial charge is 0.394 e. The second-order valence-corrected chi connectivity index (χ2v) is 8.46. The maximum Gasteiger partial charge on any atom is 0.258 e. The van der Waals surface area contributed by atoms with E-state index in [1.165, 1.54) is 18.2 Å². The van der Waals surface area contributed by atoms with Crippen molar-refractivity contribution < 1.29 is 23.8 Å². The van der Waals surface area contributed by atoms with Crippen LogP contribution < -0.4 is 4.90 Å². The van der Waals surface area contributed by atoms with E-state index in [0.717, 1.165) is 11.3 Å². The molecule has 3 aliphatic heterocycles. The number of hydrogen-bond donors (Lipinski definition) is 1. The molecule has 2 saturated heterocycles. The first kappa shape index (κ1) is 20.2. The van der Waals surface area contributed by atoms with E-state index in [2.05, 4.69) is 0 Å². The van der Waals surface area contributed by atoms with Crippen LogP contribution in [0.25, 0.3) is 0 Å². The minimum atomic E-state index is -0.464. The van der Waals surface area contributed by atoms with Crippen molar-refractivity contribution >= 4 is 17.5 Å². The Morgan fingerprint density at radius 1 is 1.10 bits per heavy atom. The predicted octanol–water partition coefficient (Wildman–Crippen LogP) is 2.57. The summed E-state index contributed by atoms with van der Waals surface area (Å²) in [6.07, 6.45) is 1.35. The Kier molecular flexibility index (Phi) is 5.24. The summed E-state index contributed by atoms with van der Waals surface area (Å²) in [7, 11) is 0. The molecular formula is C24H25FN2O4. The van der Waals surface area contributed by atoms with E-state index >= 15 is 0 Å². The molecule has 0 unspecified atom stereocenters. The Bertz CT molecular complexity index is 1010. The first-order valence-electron chi connectivity index (χ1n) is 10.8. The van der Waals surface area contributed by atoms with Crippen molar-refractivity contribution in [2.24, 2.45) is 5.92 Å². The fraction of sp³-hybridized carbons (Fsp3) is 0.417. The van der Waals surface area contributed by atoms with Gasteiger partial charge in [0.1, 0.15) is 5.82 Å². The summed E-state index contributed by atoms with van der Waals surface area (Å²) in [6.45, 7) is 1.33. The molecule has 7 heteroatoms. The minimum Gasteiger partial charge on any atom is -0.394 e. The van der Waals surface area contributed by atoms with Gasteiger partial charge in [0.2, 0.25) is 5.91 Å². The Morgan fingerprint density at radius 2 is 1.87 bits per heavy atom. The molecule has 0 spiro atoms. The maximum atomic E-state index is 13.7. The van der Waals surface area contributed by atoms with Crippen LogP contribution in [0.15, 0.2) is 48.5 Å². The molecular weight excluding hydrogens is 399 g/mol. The molecule has 31 heavy (non-hydrogen) atoms. The second kappa shape index (κ2) is 8.05. The first-order chi connectivity index (χ1) is 15.1. The number of anilines is 1. The van der Waals surface area contributed by atoms with Gasteiger partial charge in [0.05, 0.1) is 18.7 Å². The molecule has 2 aromatic carbocycles. The van der Waals surface area contributed by atoms with Crippen LogP contribution in [0.3, 0.4) is 0 Å². The summed E-state index contributed by atoms with van der Waals surface area (Å²) in [5, 5.41) is 10.1. The number of amides is 2. The summed E-state index contributed by atoms with van der Waals surface area (Å²) in [5.74, 6) is -0.873. The zero-order valence-electron chi connectivity index (χ0n) is 17.1. The summed E-state index contributed by atoms with van der Waals surface area (Å²) < 4.78 is 19.1. The monoisotopic (exact) mass is 424 g/mol. The molecule has 6 nitrogen and oxygen atoms in total. The standard InChI is InChI=1S/C24H25FN2O4/c25-17-5-3-4-16(12-17)23(29)26-13-20-22(18-6-1-2-7-19(18)26)21(14-28)27(20)24(30)15-8-10-31-11-9-15/h1-7,12,15,20-22,28H,8-11,13-14H2/t20-,21-,22+/m0/s1. The van der Waals surface area contributed by atoms with Crippen LogP contribution in [0.2, 0.25) is 0 Å². The van der Waals surface area contributed by atoms with Gasteiger partial charge >= 0.3 is 0 Å². The van der Waals surface area contributed by atoms with E-state index < -0.39 is 5.82 Å². The molecule has 3 atom stereocenters. The lowest BCUT2D eigenvalue weighted by Gasteiger charge is -2.59. The van der Waals surface area contributed by atoms with E-state index in [-0.39, 0.29) is 47.9 Å². The second-order valence-electron chi connectivity index (χ2n) is 8.46. The van der Waals surface area contributed by atoms with Crippen LogP contribution in [-0.4, -0.2) is 60.3 Å². The van der Waals surface area contributed by atoms with Crippen molar-refractivity contribution in [3.05, 3.63) is 65.5 Å². The van der Waals surface area contributed by atoms with E-state index in [1.807, 2.05) is 24.3 Å². The van der Waals surface area contributed by atoms with Crippen LogP contribution in [-0.2, 0) is 9.53 Å². The Morgan fingerprint density at radius 3 is 2.61 bits per heavy atom. The fourth-order valence-electron chi connectivity index (χ4n) is 5.32. The first-order valence-corrected chi connectivity index (χ1v) is 10.8. The number of halogens is 1. The van der Waals surface area contributed by atoms with Gasteiger partial charge in [-0.05, 0) is 42.7 Å². The Labute approximate surface area is 180 Å². The highest BCUT2D eigenvalue weighted by Gasteiger charge is 2.56. The number of rotatable bonds is 3. The van der Waals surface area contributed by atoms with Crippen LogP contribution in [0.4, 0.5) is 10.1 Å². The van der Waals surface area contributed by atoms with Crippen molar-refractivity contribution in [3.63, 3.8) is 0 Å². The highest BCUT2D eigenvalue weighted by molar-refractivity contribution is 6.07. The highest BCUT2D eigenvalue weighted by atomic mass is 19.1. The number of nitrogens with zero attached hydrogens (tertiary/aromatic N) is 2. The maximum absolute atomic E-state index is 13.7. The third-order valence-corrected chi connectivity index (χ3v) is 6.83. The van der Waals surface area contributed by atoms with Gasteiger partial charge < -0.3 is 19.6 Å². The summed E-state index contributed by atoms with van der Waals surface area (Å²) in [5.41, 5.74) is 1.97. The van der Waals surface area contributed by atoms with Gasteiger partial charge in [0.15, 0.2) is 0 Å². The van der Waals surface area contributed by atoms with Gasteiger partial charge in [0.25, 0.3) is 5.91 Å². The van der Waals surface area contributed by atoms with Gasteiger partial charge in [-0.25, -0.2) is 4.39 Å². The number of aliphatic hydroxyl groups is 1. The SMILES string of the molecule is O=C(c1cccc(F)c1)N1C[C@H]2[C@@H](c3ccccc31)[C@H](CO)N2C(=O)C1CCOCC1. The molecule has 2 aromatic rings. The van der Waals surface area contributed by atoms with Gasteiger partial charge in [-0.2, -0.15) is 0 Å². The quantitative estimate of drug-likeness (QED) is 0.822. The fourth-order valence-corrected chi connectivity index (χ4v) is 5.32. The minimum absolute atomic E-state index is 0.0263. The topological polar surface area (TPSA) is 70.1 Å². The van der Waals surface area contributed by atoms with E-state index in [1.54, 1.807) is 15.9 Å². The van der Waals surface area contributed by atoms with E-state index in [0.29, 0.717) is 32.6 Å². The van der Waals surface area contributed by atoms with Gasteiger partial charge in [-0.15, -0.1) is 0 Å². The molecule has 0 aromatic heterocycles. The third kappa shape index (κ3) is 3.32. The number of carbonyl (C=O) groups is 2. The molecule has 3 aliphatic rings. The summed E-state index contributed by atoms with van der Waals surface area (Å²) in [6, 6.07) is 12.8. The molecule has 0 saturated carbocycles. The van der Waals surface area contributed by atoms with Crippen molar-refractivity contribution in [1.82, 2.24) is 4.90 Å². The number of ether oxygens (including phenoxy) is 1. The van der Waals surface area contributed by atoms with E-state index in [9.17, 15) is 19.1 Å². The molecule has 3 heterocycles. The number of benzene rings is 2. The molecule has 0 radical (unpaired) electrons. The number of para-hydroxylation sites is 1. The molecule has 0 bridgehead atoms. The average Bonchev–Trinajstić information content (AvgIpc) is 2.79. The molecule has 0 aliphatic carbocycles. The van der Waals surface area contributed by atoms with Crippen LogP contribution in [0.5, 0.6) is 0 Å². The number of likely N-dealkylation sites (tertiary alicyclic amines) is 1. The van der Waals surface area contributed by atoms with Crippen LogP contribution in [0.1, 0.15) is 34.7 Å². The van der Waals surface area contributed by atoms with Crippen LogP contribution >= 0.6 is 0 Å². The highest BCUT2D eigenvalue weighted by Crippen LogP contribution is 2.49. The van der Waals surface area contributed by atoms with Crippen molar-refractivity contribution in [2.75, 3.05) is 31.3 Å².